The van der Waals surface area contributed by atoms with Crippen LogP contribution in [0.15, 0.2) is 54.7 Å². The number of fused-ring (bicyclic) bond motifs is 1. The number of pyridine rings is 2. The molecule has 0 saturated carbocycles. The molecule has 1 saturated heterocycles. The van der Waals surface area contributed by atoms with E-state index in [1.54, 1.807) is 25.4 Å². The lowest BCUT2D eigenvalue weighted by atomic mass is 10.1. The number of hydrogen-bond donors (Lipinski definition) is 2. The number of piperidine rings is 1. The van der Waals surface area contributed by atoms with Crippen LogP contribution >= 0.6 is 0 Å². The van der Waals surface area contributed by atoms with Gasteiger partial charge in [-0.15, -0.1) is 0 Å². The van der Waals surface area contributed by atoms with Gasteiger partial charge in [0.2, 0.25) is 5.88 Å². The Kier molecular flexibility index (Phi) is 6.78. The number of urea groups is 1. The number of rotatable bonds is 7. The minimum atomic E-state index is -0.122. The summed E-state index contributed by atoms with van der Waals surface area (Å²) in [5.74, 6) is 1.37. The predicted octanol–water partition coefficient (Wildman–Crippen LogP) is 3.30. The Morgan fingerprint density at radius 2 is 1.94 bits per heavy atom. The van der Waals surface area contributed by atoms with Crippen molar-refractivity contribution >= 4 is 22.8 Å². The summed E-state index contributed by atoms with van der Waals surface area (Å²) in [5, 5.41) is 6.50. The van der Waals surface area contributed by atoms with Gasteiger partial charge in [-0.2, -0.15) is 0 Å². The van der Waals surface area contributed by atoms with E-state index in [9.17, 15) is 4.79 Å². The number of methoxy groups -OCH3 is 1. The van der Waals surface area contributed by atoms with Gasteiger partial charge in [-0.1, -0.05) is 18.2 Å². The van der Waals surface area contributed by atoms with Crippen molar-refractivity contribution in [3.63, 3.8) is 0 Å². The van der Waals surface area contributed by atoms with E-state index in [-0.39, 0.29) is 6.03 Å². The highest BCUT2D eigenvalue weighted by atomic mass is 16.5. The Morgan fingerprint density at radius 3 is 2.71 bits per heavy atom. The Balaban J connectivity index is 1.25. The highest BCUT2D eigenvalue weighted by molar-refractivity contribution is 5.98. The summed E-state index contributed by atoms with van der Waals surface area (Å²) >= 11 is 0. The molecule has 3 heterocycles. The molecule has 0 aliphatic carbocycles. The second kappa shape index (κ2) is 10.1. The number of ether oxygens (including phenoxy) is 2. The van der Waals surface area contributed by atoms with E-state index in [1.165, 1.54) is 0 Å². The van der Waals surface area contributed by atoms with Gasteiger partial charge in [0.15, 0.2) is 0 Å². The summed E-state index contributed by atoms with van der Waals surface area (Å²) in [7, 11) is 1.56. The van der Waals surface area contributed by atoms with Gasteiger partial charge in [-0.05, 0) is 37.1 Å². The molecule has 1 aliphatic heterocycles. The first-order valence-corrected chi connectivity index (χ1v) is 10.5. The average molecular weight is 422 g/mol. The number of carbonyl (C=O) groups is 1. The van der Waals surface area contributed by atoms with Crippen LogP contribution in [-0.2, 0) is 0 Å². The van der Waals surface area contributed by atoms with Gasteiger partial charge in [0.1, 0.15) is 17.9 Å². The highest BCUT2D eigenvalue weighted by Crippen LogP contribution is 2.23. The monoisotopic (exact) mass is 421 g/mol. The van der Waals surface area contributed by atoms with Crippen LogP contribution in [0.5, 0.6) is 11.6 Å². The SMILES string of the molecule is COc1ccc2nccc(NC(=O)N3CCC(NCCOc4ccccc4)CC3)c2n1. The number of likely N-dealkylation sites (tertiary alicyclic amines) is 1. The van der Waals surface area contributed by atoms with Crippen molar-refractivity contribution < 1.29 is 14.3 Å². The molecular weight excluding hydrogens is 394 g/mol. The molecule has 1 fully saturated rings. The summed E-state index contributed by atoms with van der Waals surface area (Å²) in [5.41, 5.74) is 1.96. The normalized spacial score (nSPS) is 14.4. The third-order valence-electron chi connectivity index (χ3n) is 5.34. The van der Waals surface area contributed by atoms with Crippen molar-refractivity contribution in [3.8, 4) is 11.6 Å². The number of carbonyl (C=O) groups excluding carboxylic acids is 1. The molecule has 162 valence electrons. The molecule has 0 bridgehead atoms. The lowest BCUT2D eigenvalue weighted by Crippen LogP contribution is -2.47. The van der Waals surface area contributed by atoms with Crippen molar-refractivity contribution in [2.24, 2.45) is 0 Å². The second-order valence-corrected chi connectivity index (χ2v) is 7.39. The summed E-state index contributed by atoms with van der Waals surface area (Å²) in [6.07, 6.45) is 3.48. The zero-order valence-electron chi connectivity index (χ0n) is 17.6. The third-order valence-corrected chi connectivity index (χ3v) is 5.34. The van der Waals surface area contributed by atoms with E-state index >= 15 is 0 Å². The minimum Gasteiger partial charge on any atom is -0.492 e. The maximum atomic E-state index is 12.8. The molecule has 2 amide bonds. The van der Waals surface area contributed by atoms with Crippen molar-refractivity contribution in [2.75, 3.05) is 38.7 Å². The molecule has 0 spiro atoms. The molecule has 0 atom stereocenters. The van der Waals surface area contributed by atoms with Gasteiger partial charge in [-0.3, -0.25) is 4.98 Å². The Labute approximate surface area is 181 Å². The second-order valence-electron chi connectivity index (χ2n) is 7.39. The van der Waals surface area contributed by atoms with Crippen LogP contribution in [0.1, 0.15) is 12.8 Å². The maximum absolute atomic E-state index is 12.8. The Morgan fingerprint density at radius 1 is 1.13 bits per heavy atom. The molecule has 4 rings (SSSR count). The number of nitrogens with one attached hydrogen (secondary N) is 2. The first-order valence-electron chi connectivity index (χ1n) is 10.5. The molecular formula is C23H27N5O3. The van der Waals surface area contributed by atoms with E-state index in [0.717, 1.165) is 25.1 Å². The number of hydrogen-bond acceptors (Lipinski definition) is 6. The fraction of sp³-hybridized carbons (Fsp3) is 0.348. The molecule has 8 heteroatoms. The molecule has 2 aromatic heterocycles. The lowest BCUT2D eigenvalue weighted by molar-refractivity contribution is 0.187. The molecule has 0 unspecified atom stereocenters. The highest BCUT2D eigenvalue weighted by Gasteiger charge is 2.23. The van der Waals surface area contributed by atoms with E-state index in [0.29, 0.717) is 48.3 Å². The Hall–Kier alpha value is -3.39. The molecule has 31 heavy (non-hydrogen) atoms. The van der Waals surface area contributed by atoms with Gasteiger partial charge in [-0.25, -0.2) is 9.78 Å². The van der Waals surface area contributed by atoms with Crippen LogP contribution < -0.4 is 20.1 Å². The van der Waals surface area contributed by atoms with Gasteiger partial charge in [0, 0.05) is 37.9 Å². The van der Waals surface area contributed by atoms with Crippen molar-refractivity contribution in [3.05, 3.63) is 54.7 Å². The molecule has 1 aliphatic rings. The van der Waals surface area contributed by atoms with Crippen molar-refractivity contribution in [2.45, 2.75) is 18.9 Å². The number of nitrogens with zero attached hydrogens (tertiary/aromatic N) is 3. The first kappa shape index (κ1) is 20.9. The summed E-state index contributed by atoms with van der Waals surface area (Å²) in [6.45, 7) is 2.80. The standard InChI is InChI=1S/C23H27N5O3/c1-30-21-8-7-19-22(27-21)20(9-12-25-19)26-23(29)28-14-10-17(11-15-28)24-13-16-31-18-5-3-2-4-6-18/h2-9,12,17,24H,10-11,13-16H2,1H3,(H,25,26,29). The van der Waals surface area contributed by atoms with Gasteiger partial charge < -0.3 is 25.0 Å². The van der Waals surface area contributed by atoms with Crippen LogP contribution in [0, 0.1) is 0 Å². The topological polar surface area (TPSA) is 88.6 Å². The largest absolute Gasteiger partial charge is 0.492 e. The van der Waals surface area contributed by atoms with Crippen LogP contribution in [0.25, 0.3) is 11.0 Å². The molecule has 0 radical (unpaired) electrons. The lowest BCUT2D eigenvalue weighted by Gasteiger charge is -2.32. The van der Waals surface area contributed by atoms with E-state index < -0.39 is 0 Å². The zero-order valence-corrected chi connectivity index (χ0v) is 17.6. The van der Waals surface area contributed by atoms with E-state index in [4.69, 9.17) is 9.47 Å². The van der Waals surface area contributed by atoms with Gasteiger partial charge in [0.05, 0.1) is 18.3 Å². The van der Waals surface area contributed by atoms with Gasteiger partial charge >= 0.3 is 6.03 Å². The smallest absolute Gasteiger partial charge is 0.321 e. The quantitative estimate of drug-likeness (QED) is 0.569. The molecule has 2 N–H and O–H groups in total. The third kappa shape index (κ3) is 5.40. The van der Waals surface area contributed by atoms with E-state index in [2.05, 4.69) is 20.6 Å². The number of aromatic nitrogens is 2. The predicted molar refractivity (Wildman–Crippen MR) is 120 cm³/mol. The number of anilines is 1. The number of para-hydroxylation sites is 1. The maximum Gasteiger partial charge on any atom is 0.321 e. The molecule has 8 nitrogen and oxygen atoms in total. The van der Waals surface area contributed by atoms with Crippen LogP contribution in [-0.4, -0.2) is 60.3 Å². The van der Waals surface area contributed by atoms with Crippen LogP contribution in [0.2, 0.25) is 0 Å². The fourth-order valence-corrected chi connectivity index (χ4v) is 3.65. The van der Waals surface area contributed by atoms with Crippen molar-refractivity contribution in [1.29, 1.82) is 0 Å². The summed E-state index contributed by atoms with van der Waals surface area (Å²) in [6, 6.07) is 15.4. The number of benzene rings is 1. The molecule has 1 aromatic carbocycles. The summed E-state index contributed by atoms with van der Waals surface area (Å²) < 4.78 is 10.9. The van der Waals surface area contributed by atoms with Crippen LogP contribution in [0.4, 0.5) is 10.5 Å². The van der Waals surface area contributed by atoms with Crippen LogP contribution in [0.3, 0.4) is 0 Å². The zero-order chi connectivity index (χ0) is 21.5. The minimum absolute atomic E-state index is 0.122. The van der Waals surface area contributed by atoms with Gasteiger partial charge in [0.25, 0.3) is 0 Å². The molecule has 3 aromatic rings. The van der Waals surface area contributed by atoms with E-state index in [1.807, 2.05) is 41.3 Å². The summed E-state index contributed by atoms with van der Waals surface area (Å²) in [4.78, 5) is 23.4. The average Bonchev–Trinajstić information content (AvgIpc) is 2.83. The fourth-order valence-electron chi connectivity index (χ4n) is 3.65. The Bertz CT molecular complexity index is 1010. The van der Waals surface area contributed by atoms with Crippen molar-refractivity contribution in [1.82, 2.24) is 20.2 Å². The first-order chi connectivity index (χ1) is 15.2. The number of amides is 2.